The number of aliphatic carboxylic acids is 2. The van der Waals surface area contributed by atoms with Gasteiger partial charge in [0.25, 0.3) is 0 Å². The van der Waals surface area contributed by atoms with Crippen molar-refractivity contribution in [3.05, 3.63) is 108 Å². The number of aromatic amines is 2. The second kappa shape index (κ2) is 52.2. The van der Waals surface area contributed by atoms with E-state index in [2.05, 4.69) is 89.7 Å². The van der Waals surface area contributed by atoms with Crippen molar-refractivity contribution >= 4 is 128 Å². The third kappa shape index (κ3) is 33.9. The summed E-state index contributed by atoms with van der Waals surface area (Å²) in [5, 5.41) is 88.6. The highest BCUT2D eigenvalue weighted by atomic mass is 16.4. The van der Waals surface area contributed by atoms with Gasteiger partial charge in [-0.3, -0.25) is 82.1 Å². The number of carboxylic acids is 2. The number of aliphatic hydroxyl groups excluding tert-OH is 2. The van der Waals surface area contributed by atoms with Crippen LogP contribution in [0.5, 0.6) is 0 Å². The summed E-state index contributed by atoms with van der Waals surface area (Å²) in [5.41, 5.74) is 26.6. The van der Waals surface area contributed by atoms with E-state index in [1.54, 1.807) is 102 Å². The molecule has 0 aliphatic rings. The summed E-state index contributed by atoms with van der Waals surface area (Å²) in [6, 6.07) is -0.668. The minimum atomic E-state index is -1.93. The lowest BCUT2D eigenvalue weighted by atomic mass is 9.96. The Hall–Kier alpha value is -13.2. The van der Waals surface area contributed by atoms with Crippen molar-refractivity contribution in [3.63, 3.8) is 0 Å². The largest absolute Gasteiger partial charge is 0.481 e. The van der Waals surface area contributed by atoms with Crippen LogP contribution in [-0.4, -0.2) is 253 Å². The number of nitrogens with two attached hydrogens (primary N) is 4. The van der Waals surface area contributed by atoms with Gasteiger partial charge < -0.3 is 133 Å². The molecule has 15 amide bonds. The number of amides is 15. The van der Waals surface area contributed by atoms with E-state index in [-0.39, 0.29) is 64.5 Å². The summed E-state index contributed by atoms with van der Waals surface area (Å²) >= 11 is 0. The third-order valence-electron chi connectivity index (χ3n) is 21.8. The summed E-state index contributed by atoms with van der Waals surface area (Å²) in [5.74, 6) is -20.5. The Morgan fingerprint density at radius 3 is 1.25 bits per heavy atom. The number of carbonyl (C=O) groups excluding carboxylic acids is 15. The monoisotopic (exact) mass is 1800 g/mol. The first kappa shape index (κ1) is 106. The summed E-state index contributed by atoms with van der Waals surface area (Å²) in [7, 11) is 0. The number of benzene rings is 3. The van der Waals surface area contributed by atoms with Crippen molar-refractivity contribution in [2.24, 2.45) is 40.7 Å². The van der Waals surface area contributed by atoms with Crippen molar-refractivity contribution in [2.75, 3.05) is 13.1 Å². The number of hydrogen-bond acceptors (Lipinski definition) is 22. The maximum atomic E-state index is 14.6. The second-order valence-corrected chi connectivity index (χ2v) is 32.6. The molecule has 5 aromatic rings. The molecule has 129 heavy (non-hydrogen) atoms. The van der Waals surface area contributed by atoms with Crippen molar-refractivity contribution in [2.45, 2.75) is 262 Å². The van der Waals surface area contributed by atoms with Crippen molar-refractivity contribution in [3.8, 4) is 0 Å². The molecule has 0 fully saturated rings. The van der Waals surface area contributed by atoms with E-state index >= 15 is 0 Å². The van der Waals surface area contributed by atoms with Crippen LogP contribution in [0.1, 0.15) is 157 Å². The molecule has 0 radical (unpaired) electrons. The number of aromatic nitrogens is 2. The van der Waals surface area contributed by atoms with E-state index < -0.39 is 246 Å². The van der Waals surface area contributed by atoms with Crippen LogP contribution in [-0.2, 0) is 101 Å². The Labute approximate surface area is 746 Å². The lowest BCUT2D eigenvalue weighted by Gasteiger charge is -2.30. The van der Waals surface area contributed by atoms with Crippen LogP contribution in [0.3, 0.4) is 0 Å². The first-order valence-electron chi connectivity index (χ1n) is 42.9. The smallest absolute Gasteiger partial charge is 0.326 e. The van der Waals surface area contributed by atoms with E-state index in [1.807, 2.05) is 24.3 Å². The van der Waals surface area contributed by atoms with Crippen molar-refractivity contribution in [1.82, 2.24) is 89.7 Å². The molecular formula is C86H128N22O21. The van der Waals surface area contributed by atoms with Gasteiger partial charge in [-0.1, -0.05) is 121 Å². The normalized spacial score (nSPS) is 15.7. The standard InChI is InChI=1S/C86H128N22O21/c1-12-43(5)67(82(125)103-63(85(128)129)38-52-41-94-57-29-20-18-27-54(52)57)105-73(116)47(9)96-78(121)62(39-64(89)111)102-81(124)68(44(6)13-2)106-84(127)70(49(11)110)107-77(120)59(31-23-35-92-86(90)91)99-76(119)58(30-21-22-34-87)98-71(114)45(7)95-75(118)60(32-33-65(112)113)100-79(122)61(36-50-24-15-14-16-25-50)101-72(115)46(8)97-83(126)69(48(10)109)108-80(123)66(42(3)4)104-74(117)55(88)37-51-40-93-56-28-19-17-26-53(51)56/h14-20,24-29,40-49,55,58-63,66-70,93-94,109-110H,12-13,21-23,30-39,87-88H2,1-11H3,(H2,89,111)(H,95,118)(H,96,121)(H,97,126)(H,98,114)(H,99,119)(H,100,122)(H,101,115)(H,102,124)(H,103,125)(H,104,117)(H,105,116)(H,106,127)(H,107,120)(H,108,123)(H,112,113)(H,128,129)(H4,90,91,92)/t43-,44-,45-,46-,47-,48+,49+,55-,58-,59-,60-,61-,62-,63-,66-,67-,68-,69-,70-/m0/s1. The fourth-order valence-electron chi connectivity index (χ4n) is 13.7. The molecule has 43 nitrogen and oxygen atoms in total. The molecule has 0 spiro atoms. The highest BCUT2D eigenvalue weighted by molar-refractivity contribution is 6.02. The van der Waals surface area contributed by atoms with E-state index in [1.165, 1.54) is 34.6 Å². The molecule has 5 rings (SSSR count). The first-order valence-corrected chi connectivity index (χ1v) is 42.9. The fourth-order valence-corrected chi connectivity index (χ4v) is 13.7. The minimum absolute atomic E-state index is 0.0190. The van der Waals surface area contributed by atoms with Gasteiger partial charge in [0.15, 0.2) is 5.96 Å². The number of para-hydroxylation sites is 2. The predicted octanol–water partition coefficient (Wildman–Crippen LogP) is -3.42. The first-order chi connectivity index (χ1) is 60.9. The number of hydrogen-bond donors (Lipinski definition) is 26. The number of aliphatic hydroxyl groups is 2. The predicted molar refractivity (Wildman–Crippen MR) is 474 cm³/mol. The molecule has 0 bridgehead atoms. The Balaban J connectivity index is 1.28. The molecule has 0 saturated heterocycles. The molecular weight excluding hydrogens is 1680 g/mol. The summed E-state index contributed by atoms with van der Waals surface area (Å²) in [6.45, 7) is 15.8. The number of rotatable bonds is 55. The van der Waals surface area contributed by atoms with E-state index in [9.17, 15) is 102 Å². The van der Waals surface area contributed by atoms with Crippen LogP contribution in [0, 0.1) is 23.2 Å². The maximum absolute atomic E-state index is 14.6. The van der Waals surface area contributed by atoms with Gasteiger partial charge >= 0.3 is 11.9 Å². The van der Waals surface area contributed by atoms with Gasteiger partial charge in [0, 0.05) is 60.0 Å². The number of unbranched alkanes of at least 4 members (excludes halogenated alkanes) is 1. The summed E-state index contributed by atoms with van der Waals surface area (Å²) < 4.78 is 0. The summed E-state index contributed by atoms with van der Waals surface area (Å²) in [6.07, 6.45) is -2.01. The number of guanidine groups is 1. The van der Waals surface area contributed by atoms with Crippen LogP contribution in [0.4, 0.5) is 0 Å². The lowest BCUT2D eigenvalue weighted by Crippen LogP contribution is -2.63. The van der Waals surface area contributed by atoms with Crippen LogP contribution < -0.4 is 103 Å². The van der Waals surface area contributed by atoms with Gasteiger partial charge in [-0.05, 0) is 133 Å². The second-order valence-electron chi connectivity index (χ2n) is 32.6. The fraction of sp³-hybridized carbons (Fsp3) is 0.535. The summed E-state index contributed by atoms with van der Waals surface area (Å²) in [4.78, 5) is 242. The number of nitrogens with one attached hydrogen (secondary N) is 18. The molecule has 43 heteroatoms. The van der Waals surface area contributed by atoms with Crippen LogP contribution in [0.2, 0.25) is 0 Å². The lowest BCUT2D eigenvalue weighted by molar-refractivity contribution is -0.142. The zero-order valence-electron chi connectivity index (χ0n) is 74.4. The Kier molecular flexibility index (Phi) is 43.1. The van der Waals surface area contributed by atoms with Gasteiger partial charge in [0.1, 0.15) is 84.6 Å². The van der Waals surface area contributed by atoms with Crippen LogP contribution in [0.25, 0.3) is 21.8 Å². The third-order valence-corrected chi connectivity index (χ3v) is 21.8. The average molecular weight is 1810 g/mol. The van der Waals surface area contributed by atoms with E-state index in [4.69, 9.17) is 28.3 Å². The number of H-pyrrole nitrogens is 2. The quantitative estimate of drug-likeness (QED) is 0.0102. The zero-order valence-corrected chi connectivity index (χ0v) is 74.4. The van der Waals surface area contributed by atoms with Crippen LogP contribution >= 0.6 is 0 Å². The molecule has 30 N–H and O–H groups in total. The highest BCUT2D eigenvalue weighted by Gasteiger charge is 2.41. The van der Waals surface area contributed by atoms with Crippen molar-refractivity contribution in [1.29, 1.82) is 5.41 Å². The minimum Gasteiger partial charge on any atom is -0.481 e. The molecule has 0 aliphatic heterocycles. The van der Waals surface area contributed by atoms with Gasteiger partial charge in [0.2, 0.25) is 88.6 Å². The molecule has 0 saturated carbocycles. The maximum Gasteiger partial charge on any atom is 0.326 e. The zero-order chi connectivity index (χ0) is 96.2. The van der Waals surface area contributed by atoms with Crippen molar-refractivity contribution < 1.29 is 102 Å². The molecule has 0 aliphatic carbocycles. The van der Waals surface area contributed by atoms with Gasteiger partial charge in [0.05, 0.1) is 24.7 Å². The SMILES string of the molecule is CC[C@H](C)[C@H](NC(=O)[C@H](C)NC(=O)[C@H](CC(N)=O)NC(=O)[C@@H](NC(=O)[C@@H](NC(=O)[C@H](CCCNC(=N)N)NC(=O)[C@H](CCCCN)NC(=O)[C@H](C)NC(=O)[C@H](CCC(=O)O)NC(=O)[C@H](Cc1ccccc1)NC(=O)[C@H](C)NC(=O)[C@@H](NC(=O)[C@@H](NC(=O)[C@@H](N)Cc1c[nH]c2ccccc12)C(C)C)[C@@H](C)O)[C@@H](C)O)[C@@H](C)CC)C(=O)N[C@@H](Cc1c[nH]c2ccccc12)C(=O)O. The Morgan fingerprint density at radius 1 is 0.395 bits per heavy atom. The molecule has 3 aromatic carbocycles. The molecule has 19 atom stereocenters. The average Bonchev–Trinajstić information content (AvgIpc) is 1.68. The number of carboxylic acid groups (broad SMARTS) is 2. The highest BCUT2D eigenvalue weighted by Crippen LogP contribution is 2.23. The molecule has 2 heterocycles. The number of primary amides is 1. The van der Waals surface area contributed by atoms with Gasteiger partial charge in [-0.15, -0.1) is 0 Å². The van der Waals surface area contributed by atoms with Crippen LogP contribution in [0.15, 0.2) is 91.3 Å². The van der Waals surface area contributed by atoms with Gasteiger partial charge in [-0.25, -0.2) is 4.79 Å². The molecule has 2 aromatic heterocycles. The molecule has 0 unspecified atom stereocenters. The number of carbonyl (C=O) groups is 17. The van der Waals surface area contributed by atoms with E-state index in [0.717, 1.165) is 34.3 Å². The van der Waals surface area contributed by atoms with Gasteiger partial charge in [-0.2, -0.15) is 0 Å². The Bertz CT molecular complexity index is 4710. The topological polar surface area (TPSA) is 711 Å². The molecule has 708 valence electrons. The van der Waals surface area contributed by atoms with E-state index in [0.29, 0.717) is 24.0 Å². The number of fused-ring (bicyclic) bond motifs is 2. The Morgan fingerprint density at radius 2 is 0.767 bits per heavy atom.